The second kappa shape index (κ2) is 7.20. The number of ketones is 1. The molecule has 0 aromatic heterocycles. The van der Waals surface area contributed by atoms with Gasteiger partial charge in [0.15, 0.2) is 5.78 Å². The molecule has 1 aliphatic carbocycles. The summed E-state index contributed by atoms with van der Waals surface area (Å²) in [6.07, 6.45) is 6.33. The van der Waals surface area contributed by atoms with E-state index in [1.54, 1.807) is 6.92 Å². The molecule has 0 aliphatic heterocycles. The molecule has 0 aromatic rings. The van der Waals surface area contributed by atoms with E-state index in [0.717, 1.165) is 31.9 Å². The molecular weight excluding hydrogens is 218 g/mol. The molecule has 0 unspecified atom stereocenters. The van der Waals surface area contributed by atoms with Crippen molar-refractivity contribution in [2.24, 2.45) is 10.9 Å². The molecule has 95 valence electrons. The molecule has 1 atom stereocenters. The van der Waals surface area contributed by atoms with Gasteiger partial charge in [0.1, 0.15) is 12.3 Å². The summed E-state index contributed by atoms with van der Waals surface area (Å²) in [7, 11) is 0. The third-order valence-corrected chi connectivity index (χ3v) is 2.98. The SMILES string of the molecule is [CH2][C@H](N=CC(=O)OCC)C(=O)C1CCCCC1. The maximum atomic E-state index is 11.9. The summed E-state index contributed by atoms with van der Waals surface area (Å²) in [6, 6.07) is -0.678. The lowest BCUT2D eigenvalue weighted by Gasteiger charge is -2.21. The molecule has 0 aromatic carbocycles. The van der Waals surface area contributed by atoms with Crippen LogP contribution in [0.2, 0.25) is 0 Å². The van der Waals surface area contributed by atoms with Gasteiger partial charge in [-0.25, -0.2) is 4.79 Å². The summed E-state index contributed by atoms with van der Waals surface area (Å²) >= 11 is 0. The van der Waals surface area contributed by atoms with Gasteiger partial charge in [-0.2, -0.15) is 0 Å². The molecule has 0 heterocycles. The Kier molecular flexibility index (Phi) is 5.87. The first-order valence-corrected chi connectivity index (χ1v) is 6.22. The Hall–Kier alpha value is -1.19. The van der Waals surface area contributed by atoms with E-state index in [1.807, 2.05) is 0 Å². The second-order valence-corrected chi connectivity index (χ2v) is 4.28. The zero-order valence-corrected chi connectivity index (χ0v) is 10.4. The Labute approximate surface area is 102 Å². The molecule has 1 saturated carbocycles. The molecule has 1 radical (unpaired) electrons. The van der Waals surface area contributed by atoms with Crippen LogP contribution in [-0.4, -0.2) is 30.6 Å². The number of Topliss-reactive ketones (excluding diaryl/α,β-unsaturated/α-hetero) is 1. The highest BCUT2D eigenvalue weighted by molar-refractivity contribution is 6.23. The normalized spacial score (nSPS) is 19.2. The number of carbonyl (C=O) groups is 2. The number of hydrogen-bond donors (Lipinski definition) is 0. The standard InChI is InChI=1S/C13H20NO3/c1-3-17-12(15)9-14-10(2)13(16)11-7-5-4-6-8-11/h9-11H,2-8H2,1H3/t10-/m0/s1. The number of rotatable bonds is 5. The Bertz CT molecular complexity index is 293. The number of hydrogen-bond acceptors (Lipinski definition) is 4. The van der Waals surface area contributed by atoms with E-state index in [0.29, 0.717) is 6.61 Å². The van der Waals surface area contributed by atoms with Crippen molar-refractivity contribution in [1.29, 1.82) is 0 Å². The van der Waals surface area contributed by atoms with E-state index < -0.39 is 12.0 Å². The van der Waals surface area contributed by atoms with Crippen molar-refractivity contribution in [3.8, 4) is 0 Å². The minimum Gasteiger partial charge on any atom is -0.462 e. The summed E-state index contributed by atoms with van der Waals surface area (Å²) in [5.74, 6) is -0.395. The number of aliphatic imine (C=N–C) groups is 1. The van der Waals surface area contributed by atoms with Gasteiger partial charge in [-0.15, -0.1) is 0 Å². The van der Waals surface area contributed by atoms with E-state index in [9.17, 15) is 9.59 Å². The minimum atomic E-state index is -0.678. The van der Waals surface area contributed by atoms with Crippen LogP contribution in [0.1, 0.15) is 39.0 Å². The summed E-state index contributed by atoms with van der Waals surface area (Å²) in [5, 5.41) is 0. The maximum Gasteiger partial charge on any atom is 0.348 e. The zero-order chi connectivity index (χ0) is 12.7. The fourth-order valence-electron chi connectivity index (χ4n) is 2.06. The van der Waals surface area contributed by atoms with Crippen LogP contribution in [-0.2, 0) is 14.3 Å². The zero-order valence-electron chi connectivity index (χ0n) is 10.4. The fourth-order valence-corrected chi connectivity index (χ4v) is 2.06. The average molecular weight is 238 g/mol. The summed E-state index contributed by atoms with van der Waals surface area (Å²) < 4.78 is 4.69. The smallest absolute Gasteiger partial charge is 0.348 e. The molecule has 0 saturated heterocycles. The van der Waals surface area contributed by atoms with Crippen LogP contribution in [0.4, 0.5) is 0 Å². The predicted molar refractivity (Wildman–Crippen MR) is 65.9 cm³/mol. The monoisotopic (exact) mass is 238 g/mol. The quantitative estimate of drug-likeness (QED) is 0.543. The van der Waals surface area contributed by atoms with E-state index in [1.165, 1.54) is 6.42 Å². The van der Waals surface area contributed by atoms with Crippen molar-refractivity contribution in [1.82, 2.24) is 0 Å². The molecule has 4 nitrogen and oxygen atoms in total. The van der Waals surface area contributed by atoms with Crippen molar-refractivity contribution in [2.75, 3.05) is 6.61 Å². The van der Waals surface area contributed by atoms with Crippen molar-refractivity contribution in [2.45, 2.75) is 45.1 Å². The third kappa shape index (κ3) is 4.67. The highest BCUT2D eigenvalue weighted by Gasteiger charge is 2.24. The molecule has 0 N–H and O–H groups in total. The molecule has 4 heteroatoms. The van der Waals surface area contributed by atoms with Gasteiger partial charge in [0.25, 0.3) is 0 Å². The summed E-state index contributed by atoms with van der Waals surface area (Å²) in [5.41, 5.74) is 0. The van der Waals surface area contributed by atoms with E-state index in [-0.39, 0.29) is 11.7 Å². The van der Waals surface area contributed by atoms with Gasteiger partial charge in [-0.1, -0.05) is 19.3 Å². The van der Waals surface area contributed by atoms with Gasteiger partial charge >= 0.3 is 5.97 Å². The van der Waals surface area contributed by atoms with Crippen LogP contribution in [0, 0.1) is 12.8 Å². The largest absolute Gasteiger partial charge is 0.462 e. The highest BCUT2D eigenvalue weighted by Crippen LogP contribution is 2.25. The topological polar surface area (TPSA) is 55.7 Å². The van der Waals surface area contributed by atoms with Gasteiger partial charge in [0.05, 0.1) is 6.61 Å². The third-order valence-electron chi connectivity index (χ3n) is 2.98. The molecular formula is C13H20NO3. The summed E-state index contributed by atoms with van der Waals surface area (Å²) in [4.78, 5) is 26.8. The van der Waals surface area contributed by atoms with Crippen LogP contribution in [0.15, 0.2) is 4.99 Å². The fraction of sp³-hybridized carbons (Fsp3) is 0.692. The molecule has 0 amide bonds. The lowest BCUT2D eigenvalue weighted by Crippen LogP contribution is -2.27. The second-order valence-electron chi connectivity index (χ2n) is 4.28. The van der Waals surface area contributed by atoms with Crippen LogP contribution in [0.3, 0.4) is 0 Å². The van der Waals surface area contributed by atoms with Crippen molar-refractivity contribution >= 4 is 18.0 Å². The first-order chi connectivity index (χ1) is 8.15. The minimum absolute atomic E-state index is 0.0465. The molecule has 1 rings (SSSR count). The van der Waals surface area contributed by atoms with Gasteiger partial charge in [0, 0.05) is 5.92 Å². The Morgan fingerprint density at radius 3 is 2.65 bits per heavy atom. The van der Waals surface area contributed by atoms with Gasteiger partial charge in [-0.3, -0.25) is 9.79 Å². The van der Waals surface area contributed by atoms with Crippen LogP contribution < -0.4 is 0 Å². The number of ether oxygens (including phenoxy) is 1. The van der Waals surface area contributed by atoms with Gasteiger partial charge in [-0.05, 0) is 26.7 Å². The Morgan fingerprint density at radius 2 is 2.06 bits per heavy atom. The number of carbonyl (C=O) groups excluding carboxylic acids is 2. The molecule has 0 spiro atoms. The highest BCUT2D eigenvalue weighted by atomic mass is 16.5. The first-order valence-electron chi connectivity index (χ1n) is 6.22. The van der Waals surface area contributed by atoms with Gasteiger partial charge in [0.2, 0.25) is 0 Å². The van der Waals surface area contributed by atoms with Gasteiger partial charge < -0.3 is 4.74 Å². The van der Waals surface area contributed by atoms with E-state index in [4.69, 9.17) is 4.74 Å². The van der Waals surface area contributed by atoms with E-state index >= 15 is 0 Å². The molecule has 17 heavy (non-hydrogen) atoms. The Morgan fingerprint density at radius 1 is 1.41 bits per heavy atom. The predicted octanol–water partition coefficient (Wildman–Crippen LogP) is 1.97. The Balaban J connectivity index is 2.42. The molecule has 1 fully saturated rings. The van der Waals surface area contributed by atoms with E-state index in [2.05, 4.69) is 11.9 Å². The lowest BCUT2D eigenvalue weighted by molar-refractivity contribution is -0.134. The first kappa shape index (κ1) is 13.9. The summed E-state index contributed by atoms with van der Waals surface area (Å²) in [6.45, 7) is 5.72. The van der Waals surface area contributed by atoms with Crippen LogP contribution >= 0.6 is 0 Å². The molecule has 0 bridgehead atoms. The van der Waals surface area contributed by atoms with Crippen LogP contribution in [0.5, 0.6) is 0 Å². The number of esters is 1. The average Bonchev–Trinajstić information content (AvgIpc) is 2.36. The lowest BCUT2D eigenvalue weighted by atomic mass is 9.84. The van der Waals surface area contributed by atoms with Crippen molar-refractivity contribution in [3.05, 3.63) is 6.92 Å². The van der Waals surface area contributed by atoms with Crippen LogP contribution in [0.25, 0.3) is 0 Å². The number of nitrogens with zero attached hydrogens (tertiary/aromatic N) is 1. The maximum absolute atomic E-state index is 11.9. The van der Waals surface area contributed by atoms with Crippen molar-refractivity contribution in [3.63, 3.8) is 0 Å². The molecule has 1 aliphatic rings. The van der Waals surface area contributed by atoms with Crippen molar-refractivity contribution < 1.29 is 14.3 Å².